The molecule has 1 aliphatic rings. The fraction of sp³-hybridized carbons (Fsp3) is 0.533. The minimum atomic E-state index is -0.480. The van der Waals surface area contributed by atoms with E-state index in [1.165, 1.54) is 20.5 Å². The third-order valence-corrected chi connectivity index (χ3v) is 4.36. The maximum Gasteiger partial charge on any atom is 0.262 e. The fourth-order valence-electron chi connectivity index (χ4n) is 3.09. The third kappa shape index (κ3) is 3.54. The van der Waals surface area contributed by atoms with E-state index in [0.717, 1.165) is 6.42 Å². The van der Waals surface area contributed by atoms with Crippen LogP contribution in [0.15, 0.2) is 18.7 Å². The molecule has 1 saturated carbocycles. The molecule has 2 aromatic heterocycles. The monoisotopic (exact) mass is 353 g/mol. The molecule has 0 amide bonds. The first kappa shape index (κ1) is 16.8. The van der Waals surface area contributed by atoms with E-state index in [-0.39, 0.29) is 6.04 Å². The zero-order chi connectivity index (χ0) is 17.1. The molecule has 0 aliphatic heterocycles. The lowest BCUT2D eigenvalue weighted by Crippen LogP contribution is -2.28. The van der Waals surface area contributed by atoms with Crippen molar-refractivity contribution in [3.05, 3.63) is 23.7 Å². The zero-order valence-electron chi connectivity index (χ0n) is 13.5. The second-order valence-corrected chi connectivity index (χ2v) is 6.24. The molecule has 0 bridgehead atoms. The van der Waals surface area contributed by atoms with Crippen molar-refractivity contribution in [1.29, 1.82) is 0 Å². The number of halogens is 1. The Kier molecular flexibility index (Phi) is 5.06. The van der Waals surface area contributed by atoms with Gasteiger partial charge in [0.2, 0.25) is 5.75 Å². The summed E-state index contributed by atoms with van der Waals surface area (Å²) in [5.74, 6) is 1.58. The second-order valence-electron chi connectivity index (χ2n) is 5.80. The summed E-state index contributed by atoms with van der Waals surface area (Å²) in [4.78, 5) is 8.21. The number of ether oxygens (including phenoxy) is 2. The molecule has 9 heteroatoms. The van der Waals surface area contributed by atoms with Crippen molar-refractivity contribution in [1.82, 2.24) is 19.7 Å². The Balaban J connectivity index is 1.68. The van der Waals surface area contributed by atoms with Gasteiger partial charge in [-0.1, -0.05) is 11.6 Å². The molecule has 0 radical (unpaired) electrons. The third-order valence-electron chi connectivity index (χ3n) is 4.16. The van der Waals surface area contributed by atoms with Crippen LogP contribution in [0.25, 0.3) is 0 Å². The average molecular weight is 354 g/mol. The molecule has 130 valence electrons. The summed E-state index contributed by atoms with van der Waals surface area (Å²) < 4.78 is 12.3. The number of aromatic nitrogens is 4. The van der Waals surface area contributed by atoms with Crippen molar-refractivity contribution >= 4 is 17.4 Å². The molecule has 3 rings (SSSR count). The predicted octanol–water partition coefficient (Wildman–Crippen LogP) is 1.60. The normalized spacial score (nSPS) is 23.2. The summed E-state index contributed by atoms with van der Waals surface area (Å²) >= 11 is 5.89. The van der Waals surface area contributed by atoms with Crippen LogP contribution < -0.4 is 14.8 Å². The maximum absolute atomic E-state index is 10.4. The van der Waals surface area contributed by atoms with Gasteiger partial charge in [0.25, 0.3) is 5.88 Å². The molecule has 0 aromatic carbocycles. The number of hydrogen-bond donors (Lipinski definition) is 2. The van der Waals surface area contributed by atoms with Gasteiger partial charge in [0, 0.05) is 12.7 Å². The minimum absolute atomic E-state index is 0.130. The zero-order valence-corrected chi connectivity index (χ0v) is 14.3. The van der Waals surface area contributed by atoms with Crippen LogP contribution >= 0.6 is 11.6 Å². The molecule has 2 N–H and O–H groups in total. The van der Waals surface area contributed by atoms with E-state index in [1.54, 1.807) is 17.1 Å². The van der Waals surface area contributed by atoms with E-state index in [0.29, 0.717) is 41.4 Å². The number of rotatable bonds is 6. The van der Waals surface area contributed by atoms with Gasteiger partial charge in [0.05, 0.1) is 37.6 Å². The van der Waals surface area contributed by atoms with Gasteiger partial charge in [0.15, 0.2) is 5.82 Å². The van der Waals surface area contributed by atoms with Crippen LogP contribution in [0.4, 0.5) is 5.82 Å². The van der Waals surface area contributed by atoms with E-state index in [1.807, 2.05) is 0 Å². The highest BCUT2D eigenvalue weighted by atomic mass is 35.5. The molecule has 2 aromatic rings. The summed E-state index contributed by atoms with van der Waals surface area (Å²) in [5.41, 5.74) is 0. The number of aliphatic hydroxyl groups excluding tert-OH is 1. The van der Waals surface area contributed by atoms with Crippen molar-refractivity contribution in [2.24, 2.45) is 5.92 Å². The van der Waals surface area contributed by atoms with Crippen molar-refractivity contribution in [3.8, 4) is 11.6 Å². The first-order valence-corrected chi connectivity index (χ1v) is 8.04. The molecule has 2 heterocycles. The molecule has 24 heavy (non-hydrogen) atoms. The van der Waals surface area contributed by atoms with Crippen LogP contribution in [0.3, 0.4) is 0 Å². The average Bonchev–Trinajstić information content (AvgIpc) is 3.13. The quantitative estimate of drug-likeness (QED) is 0.814. The van der Waals surface area contributed by atoms with E-state index < -0.39 is 6.10 Å². The van der Waals surface area contributed by atoms with Gasteiger partial charge in [0.1, 0.15) is 6.33 Å². The number of nitrogens with zero attached hydrogens (tertiary/aromatic N) is 4. The highest BCUT2D eigenvalue weighted by Crippen LogP contribution is 2.35. The van der Waals surface area contributed by atoms with Gasteiger partial charge in [-0.3, -0.25) is 4.68 Å². The van der Waals surface area contributed by atoms with Gasteiger partial charge < -0.3 is 19.9 Å². The smallest absolute Gasteiger partial charge is 0.262 e. The van der Waals surface area contributed by atoms with Gasteiger partial charge >= 0.3 is 0 Å². The van der Waals surface area contributed by atoms with Crippen molar-refractivity contribution in [3.63, 3.8) is 0 Å². The molecule has 1 unspecified atom stereocenters. The Morgan fingerprint density at radius 3 is 2.83 bits per heavy atom. The Morgan fingerprint density at radius 1 is 1.33 bits per heavy atom. The molecule has 1 aliphatic carbocycles. The highest BCUT2D eigenvalue weighted by molar-refractivity contribution is 6.30. The van der Waals surface area contributed by atoms with Crippen LogP contribution in [-0.2, 0) is 6.54 Å². The number of methoxy groups -OCH3 is 2. The van der Waals surface area contributed by atoms with E-state index in [4.69, 9.17) is 21.1 Å². The first-order valence-electron chi connectivity index (χ1n) is 7.66. The molecular weight excluding hydrogens is 334 g/mol. The summed E-state index contributed by atoms with van der Waals surface area (Å²) in [6.07, 6.45) is 5.78. The molecule has 0 spiro atoms. The number of nitrogens with one attached hydrogen (secondary N) is 1. The van der Waals surface area contributed by atoms with E-state index in [2.05, 4.69) is 20.4 Å². The molecule has 8 nitrogen and oxygen atoms in total. The Hall–Kier alpha value is -2.06. The molecule has 1 fully saturated rings. The number of aliphatic hydroxyl groups is 1. The van der Waals surface area contributed by atoms with Crippen LogP contribution in [0, 0.1) is 5.92 Å². The lowest BCUT2D eigenvalue weighted by molar-refractivity contribution is 0.165. The summed E-state index contributed by atoms with van der Waals surface area (Å²) in [6.45, 7) is 0.714. The van der Waals surface area contributed by atoms with Gasteiger partial charge in [-0.2, -0.15) is 10.1 Å². The van der Waals surface area contributed by atoms with Gasteiger partial charge in [-0.05, 0) is 18.8 Å². The van der Waals surface area contributed by atoms with Gasteiger partial charge in [-0.15, -0.1) is 0 Å². The minimum Gasteiger partial charge on any atom is -0.489 e. The topological polar surface area (TPSA) is 94.3 Å². The maximum atomic E-state index is 10.4. The van der Waals surface area contributed by atoms with Crippen LogP contribution in [-0.4, -0.2) is 51.2 Å². The van der Waals surface area contributed by atoms with Gasteiger partial charge in [-0.25, -0.2) is 4.98 Å². The second kappa shape index (κ2) is 7.23. The fourth-order valence-corrected chi connectivity index (χ4v) is 3.25. The Labute approximate surface area is 144 Å². The summed E-state index contributed by atoms with van der Waals surface area (Å²) in [7, 11) is 3.05. The summed E-state index contributed by atoms with van der Waals surface area (Å²) in [6, 6.07) is -0.130. The van der Waals surface area contributed by atoms with Crippen LogP contribution in [0.5, 0.6) is 11.6 Å². The molecule has 3 atom stereocenters. The highest BCUT2D eigenvalue weighted by Gasteiger charge is 2.34. The van der Waals surface area contributed by atoms with E-state index in [9.17, 15) is 5.11 Å². The lowest BCUT2D eigenvalue weighted by Gasteiger charge is -2.19. The van der Waals surface area contributed by atoms with Crippen LogP contribution in [0.1, 0.15) is 12.8 Å². The molecule has 0 saturated heterocycles. The Bertz CT molecular complexity index is 695. The summed E-state index contributed by atoms with van der Waals surface area (Å²) in [5, 5.41) is 18.4. The standard InChI is InChI=1S/C15H20ClN5O3/c1-23-13-14(17-8-18-15(13)24-2)20-11-3-9(4-12(11)22)6-21-7-10(16)5-19-21/h5,7-9,11-12,22H,3-4,6H2,1-2H3,(H,17,18,20)/t9?,11-,12-/m1/s1. The number of hydrogen-bond acceptors (Lipinski definition) is 7. The largest absolute Gasteiger partial charge is 0.489 e. The predicted molar refractivity (Wildman–Crippen MR) is 88.5 cm³/mol. The lowest BCUT2D eigenvalue weighted by atomic mass is 10.1. The molecular formula is C15H20ClN5O3. The van der Waals surface area contributed by atoms with Crippen LogP contribution in [0.2, 0.25) is 5.02 Å². The Morgan fingerprint density at radius 2 is 2.17 bits per heavy atom. The van der Waals surface area contributed by atoms with Crippen molar-refractivity contribution in [2.75, 3.05) is 19.5 Å². The number of anilines is 1. The van der Waals surface area contributed by atoms with Crippen molar-refractivity contribution in [2.45, 2.75) is 31.5 Å². The van der Waals surface area contributed by atoms with Crippen molar-refractivity contribution < 1.29 is 14.6 Å². The van der Waals surface area contributed by atoms with E-state index >= 15 is 0 Å². The SMILES string of the molecule is COc1ncnc(N[C@@H]2CC(Cn3cc(Cl)cn3)C[C@H]2O)c1OC. The first-order chi connectivity index (χ1) is 11.6.